The van der Waals surface area contributed by atoms with Crippen LogP contribution in [-0.4, -0.2) is 19.3 Å². The molecule has 7 nitrogen and oxygen atoms in total. The molecule has 7 heteroatoms. The smallest absolute Gasteiger partial charge is 0.137 e. The van der Waals surface area contributed by atoms with Crippen molar-refractivity contribution in [2.75, 3.05) is 0 Å². The second-order valence-electron chi connectivity index (χ2n) is 15.0. The second-order valence-corrected chi connectivity index (χ2v) is 15.0. The van der Waals surface area contributed by atoms with Crippen molar-refractivity contribution in [2.24, 2.45) is 0 Å². The SMILES string of the molecule is Cc1cc(Oc2ccc3c4ccccc4n(-c4cc(C)ccn4)c3c2)cc(-n2cc(-c3c(OCc4ccccc4)c(C)c(C)c(C)c3OCc3ccccc3)cn2)c1. The Kier molecular flexibility index (Phi) is 9.72. The first-order chi connectivity index (χ1) is 28.3. The highest BCUT2D eigenvalue weighted by Gasteiger charge is 2.24. The van der Waals surface area contributed by atoms with Crippen molar-refractivity contribution in [3.63, 3.8) is 0 Å². The maximum absolute atomic E-state index is 6.71. The largest absolute Gasteiger partial charge is 0.488 e. The molecule has 0 saturated heterocycles. The van der Waals surface area contributed by atoms with Gasteiger partial charge in [0.15, 0.2) is 0 Å². The van der Waals surface area contributed by atoms with Crippen molar-refractivity contribution in [1.82, 2.24) is 19.3 Å². The molecule has 286 valence electrons. The lowest BCUT2D eigenvalue weighted by atomic mass is 9.94. The van der Waals surface area contributed by atoms with Gasteiger partial charge in [-0.05, 0) is 116 Å². The minimum absolute atomic E-state index is 0.427. The number of aromatic nitrogens is 4. The van der Waals surface area contributed by atoms with E-state index in [-0.39, 0.29) is 0 Å². The average molecular weight is 761 g/mol. The van der Waals surface area contributed by atoms with Gasteiger partial charge >= 0.3 is 0 Å². The van der Waals surface area contributed by atoms with Crippen molar-refractivity contribution < 1.29 is 14.2 Å². The van der Waals surface area contributed by atoms with Crippen LogP contribution in [0.1, 0.15) is 38.9 Å². The van der Waals surface area contributed by atoms with Gasteiger partial charge in [0.25, 0.3) is 0 Å². The van der Waals surface area contributed by atoms with Gasteiger partial charge < -0.3 is 14.2 Å². The fourth-order valence-electron chi connectivity index (χ4n) is 7.73. The van der Waals surface area contributed by atoms with E-state index in [4.69, 9.17) is 24.3 Å². The summed E-state index contributed by atoms with van der Waals surface area (Å²) in [5.74, 6) is 3.89. The molecule has 0 spiro atoms. The van der Waals surface area contributed by atoms with E-state index in [0.29, 0.717) is 19.0 Å². The average Bonchev–Trinajstić information content (AvgIpc) is 3.86. The van der Waals surface area contributed by atoms with Gasteiger partial charge in [-0.3, -0.25) is 4.57 Å². The van der Waals surface area contributed by atoms with E-state index in [0.717, 1.165) is 95.2 Å². The predicted molar refractivity (Wildman–Crippen MR) is 233 cm³/mol. The molecule has 0 aliphatic carbocycles. The fourth-order valence-corrected chi connectivity index (χ4v) is 7.73. The maximum atomic E-state index is 6.71. The Morgan fingerprint density at radius 1 is 0.552 bits per heavy atom. The van der Waals surface area contributed by atoms with E-state index < -0.39 is 0 Å². The summed E-state index contributed by atoms with van der Waals surface area (Å²) >= 11 is 0. The normalized spacial score (nSPS) is 11.3. The molecular formula is C51H44N4O3. The number of hydrogen-bond donors (Lipinski definition) is 0. The van der Waals surface area contributed by atoms with Crippen molar-refractivity contribution >= 4 is 21.8 Å². The monoisotopic (exact) mass is 760 g/mol. The van der Waals surface area contributed by atoms with Crippen LogP contribution in [0.25, 0.3) is 44.4 Å². The zero-order valence-corrected chi connectivity index (χ0v) is 33.4. The summed E-state index contributed by atoms with van der Waals surface area (Å²) in [7, 11) is 0. The van der Waals surface area contributed by atoms with Crippen molar-refractivity contribution in [3.8, 4) is 45.6 Å². The number of hydrogen-bond acceptors (Lipinski definition) is 5. The lowest BCUT2D eigenvalue weighted by Gasteiger charge is -2.22. The molecule has 0 unspecified atom stereocenters. The van der Waals surface area contributed by atoms with Gasteiger partial charge in [0.2, 0.25) is 0 Å². The Hall–Kier alpha value is -7.12. The van der Waals surface area contributed by atoms with Gasteiger partial charge in [-0.15, -0.1) is 0 Å². The number of aryl methyl sites for hydroxylation is 2. The molecule has 0 aliphatic rings. The van der Waals surface area contributed by atoms with E-state index in [9.17, 15) is 0 Å². The molecule has 0 saturated carbocycles. The minimum Gasteiger partial charge on any atom is -0.488 e. The van der Waals surface area contributed by atoms with Crippen LogP contribution < -0.4 is 14.2 Å². The first-order valence-corrected chi connectivity index (χ1v) is 19.6. The Morgan fingerprint density at radius 3 is 1.90 bits per heavy atom. The number of ether oxygens (including phenoxy) is 3. The number of rotatable bonds is 11. The lowest BCUT2D eigenvalue weighted by molar-refractivity contribution is 0.289. The van der Waals surface area contributed by atoms with Gasteiger partial charge in [0.05, 0.1) is 28.5 Å². The van der Waals surface area contributed by atoms with Crippen LogP contribution in [0.2, 0.25) is 0 Å². The minimum atomic E-state index is 0.427. The molecule has 0 bridgehead atoms. The zero-order chi connectivity index (χ0) is 39.8. The Morgan fingerprint density at radius 2 is 1.21 bits per heavy atom. The van der Waals surface area contributed by atoms with Crippen LogP contribution in [-0.2, 0) is 13.2 Å². The summed E-state index contributed by atoms with van der Waals surface area (Å²) in [6.07, 6.45) is 5.80. The third-order valence-corrected chi connectivity index (χ3v) is 10.9. The highest BCUT2D eigenvalue weighted by molar-refractivity contribution is 6.09. The first kappa shape index (κ1) is 36.5. The van der Waals surface area contributed by atoms with Crippen LogP contribution in [0.5, 0.6) is 23.0 Å². The van der Waals surface area contributed by atoms with Crippen LogP contribution in [0.15, 0.2) is 152 Å². The standard InChI is InChI=1S/C51H44N4O3/c1-33-22-23-52-48(26-33)55-46-19-13-12-18-44(46)45-21-20-42(28-47(45)55)58-43-25-34(2)24-41(27-43)54-30-40(29-53-54)49-50(56-31-38-14-8-6-9-15-38)36(4)35(3)37(5)51(49)57-32-39-16-10-7-11-17-39/h6-30H,31-32H2,1-5H3. The van der Waals surface area contributed by atoms with Gasteiger partial charge in [0, 0.05) is 40.9 Å². The summed E-state index contributed by atoms with van der Waals surface area (Å²) in [5, 5.41) is 7.22. The number of nitrogens with zero attached hydrogens (tertiary/aromatic N) is 4. The van der Waals surface area contributed by atoms with E-state index >= 15 is 0 Å². The number of fused-ring (bicyclic) bond motifs is 3. The van der Waals surface area contributed by atoms with Crippen LogP contribution in [0, 0.1) is 34.6 Å². The Labute approximate surface area is 338 Å². The first-order valence-electron chi connectivity index (χ1n) is 19.6. The second kappa shape index (κ2) is 15.4. The van der Waals surface area contributed by atoms with E-state index in [1.54, 1.807) is 0 Å². The molecule has 6 aromatic carbocycles. The van der Waals surface area contributed by atoms with Crippen molar-refractivity contribution in [1.29, 1.82) is 0 Å². The van der Waals surface area contributed by atoms with Gasteiger partial charge in [-0.1, -0.05) is 78.9 Å². The van der Waals surface area contributed by atoms with Gasteiger partial charge in [-0.25, -0.2) is 9.67 Å². The topological polar surface area (TPSA) is 63.3 Å². The third kappa shape index (κ3) is 7.07. The molecule has 0 fully saturated rings. The molecule has 0 radical (unpaired) electrons. The Balaban J connectivity index is 1.09. The summed E-state index contributed by atoms with van der Waals surface area (Å²) in [4.78, 5) is 4.75. The highest BCUT2D eigenvalue weighted by atomic mass is 16.5. The molecule has 0 amide bonds. The summed E-state index contributed by atoms with van der Waals surface area (Å²) in [5.41, 5.74) is 12.4. The fraction of sp³-hybridized carbons (Fsp3) is 0.137. The number of para-hydroxylation sites is 1. The molecule has 0 N–H and O–H groups in total. The van der Waals surface area contributed by atoms with E-state index in [1.807, 2.05) is 83.9 Å². The molecule has 58 heavy (non-hydrogen) atoms. The molecule has 0 aliphatic heterocycles. The summed E-state index contributed by atoms with van der Waals surface area (Å²) < 4.78 is 24.2. The Bertz CT molecular complexity index is 2860. The van der Waals surface area contributed by atoms with Crippen molar-refractivity contribution in [3.05, 3.63) is 191 Å². The predicted octanol–water partition coefficient (Wildman–Crippen LogP) is 12.5. The molecule has 3 aromatic heterocycles. The quantitative estimate of drug-likeness (QED) is 0.131. The number of benzene rings is 6. The van der Waals surface area contributed by atoms with Crippen LogP contribution in [0.3, 0.4) is 0 Å². The van der Waals surface area contributed by atoms with Gasteiger partial charge in [-0.2, -0.15) is 5.10 Å². The van der Waals surface area contributed by atoms with Gasteiger partial charge in [0.1, 0.15) is 42.0 Å². The van der Waals surface area contributed by atoms with Crippen LogP contribution >= 0.6 is 0 Å². The summed E-state index contributed by atoms with van der Waals surface area (Å²) in [6, 6.07) is 45.5. The maximum Gasteiger partial charge on any atom is 0.137 e. The highest BCUT2D eigenvalue weighted by Crippen LogP contribution is 2.46. The molecule has 0 atom stereocenters. The molecule has 3 heterocycles. The molecule has 9 rings (SSSR count). The lowest BCUT2D eigenvalue weighted by Crippen LogP contribution is -2.06. The third-order valence-electron chi connectivity index (χ3n) is 10.9. The summed E-state index contributed by atoms with van der Waals surface area (Å²) in [6.45, 7) is 11.4. The van der Waals surface area contributed by atoms with E-state index in [1.165, 1.54) is 5.39 Å². The number of pyridine rings is 1. The van der Waals surface area contributed by atoms with Crippen molar-refractivity contribution in [2.45, 2.75) is 47.8 Å². The molecule has 9 aromatic rings. The molecular weight excluding hydrogens is 717 g/mol. The van der Waals surface area contributed by atoms with Crippen LogP contribution in [0.4, 0.5) is 0 Å². The zero-order valence-electron chi connectivity index (χ0n) is 33.4. The van der Waals surface area contributed by atoms with E-state index in [2.05, 4.69) is 112 Å².